The minimum Gasteiger partial charge on any atom is -0.384 e. The van der Waals surface area contributed by atoms with Crippen LogP contribution in [0.4, 0.5) is 5.82 Å². The van der Waals surface area contributed by atoms with Crippen molar-refractivity contribution in [1.29, 1.82) is 0 Å². The highest BCUT2D eigenvalue weighted by molar-refractivity contribution is 6.31. The number of rotatable bonds is 2. The number of anilines is 1. The first-order valence-corrected chi connectivity index (χ1v) is 6.54. The predicted molar refractivity (Wildman–Crippen MR) is 81.0 cm³/mol. The van der Waals surface area contributed by atoms with E-state index in [1.807, 2.05) is 35.8 Å². The number of pyridine rings is 1. The minimum absolute atomic E-state index is 0.494. The van der Waals surface area contributed by atoms with Crippen LogP contribution in [0.5, 0.6) is 0 Å². The fourth-order valence-electron chi connectivity index (χ4n) is 2.01. The van der Waals surface area contributed by atoms with Crippen molar-refractivity contribution in [2.75, 3.05) is 5.73 Å². The van der Waals surface area contributed by atoms with Crippen molar-refractivity contribution in [2.24, 2.45) is 0 Å². The average Bonchev–Trinajstić information content (AvgIpc) is 2.92. The Bertz CT molecular complexity index is 747. The van der Waals surface area contributed by atoms with Gasteiger partial charge in [0.05, 0.1) is 30.1 Å². The highest BCUT2D eigenvalue weighted by atomic mass is 35.5. The number of hydrogen-bond donors (Lipinski definition) is 1. The van der Waals surface area contributed by atoms with Crippen molar-refractivity contribution in [3.05, 3.63) is 59.6 Å². The van der Waals surface area contributed by atoms with Crippen LogP contribution in [0.15, 0.2) is 49.1 Å². The van der Waals surface area contributed by atoms with Crippen molar-refractivity contribution in [3.8, 4) is 16.9 Å². The lowest BCUT2D eigenvalue weighted by molar-refractivity contribution is 1.05. The second-order valence-electron chi connectivity index (χ2n) is 4.55. The Morgan fingerprint density at radius 3 is 2.70 bits per heavy atom. The van der Waals surface area contributed by atoms with Crippen LogP contribution < -0.4 is 5.73 Å². The first kappa shape index (κ1) is 12.7. The summed E-state index contributed by atoms with van der Waals surface area (Å²) in [5.74, 6) is 0.494. The van der Waals surface area contributed by atoms with Crippen LogP contribution in [0.2, 0.25) is 5.02 Å². The summed E-state index contributed by atoms with van der Waals surface area (Å²) in [5.41, 5.74) is 9.54. The number of aryl methyl sites for hydroxylation is 1. The van der Waals surface area contributed by atoms with Gasteiger partial charge in [0.1, 0.15) is 5.82 Å². The Labute approximate surface area is 121 Å². The van der Waals surface area contributed by atoms with Gasteiger partial charge in [-0.05, 0) is 30.7 Å². The monoisotopic (exact) mass is 284 g/mol. The van der Waals surface area contributed by atoms with Crippen LogP contribution in [-0.2, 0) is 0 Å². The summed E-state index contributed by atoms with van der Waals surface area (Å²) < 4.78 is 1.95. The number of halogens is 1. The van der Waals surface area contributed by atoms with Gasteiger partial charge in [0, 0.05) is 10.6 Å². The maximum absolute atomic E-state index is 6.19. The van der Waals surface area contributed by atoms with Gasteiger partial charge < -0.3 is 5.73 Å². The van der Waals surface area contributed by atoms with Gasteiger partial charge >= 0.3 is 0 Å². The van der Waals surface area contributed by atoms with E-state index in [4.69, 9.17) is 17.3 Å². The summed E-state index contributed by atoms with van der Waals surface area (Å²) in [6, 6.07) is 9.63. The number of nitrogens with two attached hydrogens (primary N) is 1. The van der Waals surface area contributed by atoms with Crippen LogP contribution in [0.1, 0.15) is 5.56 Å². The molecule has 0 fully saturated rings. The minimum atomic E-state index is 0.494. The van der Waals surface area contributed by atoms with E-state index < -0.39 is 0 Å². The molecule has 1 aromatic carbocycles. The molecule has 0 saturated heterocycles. The highest BCUT2D eigenvalue weighted by Gasteiger charge is 2.08. The Morgan fingerprint density at radius 2 is 2.00 bits per heavy atom. The van der Waals surface area contributed by atoms with Crippen molar-refractivity contribution in [1.82, 2.24) is 14.5 Å². The molecule has 0 atom stereocenters. The summed E-state index contributed by atoms with van der Waals surface area (Å²) in [5, 5.41) is 0.741. The van der Waals surface area contributed by atoms with Gasteiger partial charge in [-0.3, -0.25) is 4.57 Å². The van der Waals surface area contributed by atoms with Crippen molar-refractivity contribution < 1.29 is 0 Å². The number of imidazole rings is 1. The first-order chi connectivity index (χ1) is 9.65. The maximum Gasteiger partial charge on any atom is 0.123 e. The smallest absolute Gasteiger partial charge is 0.123 e. The molecule has 2 N–H and O–H groups in total. The number of aromatic nitrogens is 3. The van der Waals surface area contributed by atoms with E-state index in [1.165, 1.54) is 0 Å². The molecular formula is C15H13ClN4. The molecule has 0 aliphatic heterocycles. The zero-order valence-electron chi connectivity index (χ0n) is 10.9. The molecule has 2 heterocycles. The molecular weight excluding hydrogens is 272 g/mol. The Balaban J connectivity index is 2.10. The van der Waals surface area contributed by atoms with Gasteiger partial charge in [-0.25, -0.2) is 9.97 Å². The topological polar surface area (TPSA) is 56.7 Å². The molecule has 100 valence electrons. The van der Waals surface area contributed by atoms with Crippen molar-refractivity contribution in [3.63, 3.8) is 0 Å². The van der Waals surface area contributed by atoms with Crippen LogP contribution in [0, 0.1) is 6.92 Å². The first-order valence-electron chi connectivity index (χ1n) is 6.16. The molecule has 3 rings (SSSR count). The lowest BCUT2D eigenvalue weighted by Crippen LogP contribution is -1.97. The van der Waals surface area contributed by atoms with Crippen molar-refractivity contribution in [2.45, 2.75) is 6.92 Å². The van der Waals surface area contributed by atoms with E-state index in [9.17, 15) is 0 Å². The molecule has 3 aromatic rings. The highest BCUT2D eigenvalue weighted by Crippen LogP contribution is 2.26. The third kappa shape index (κ3) is 2.26. The molecule has 0 radical (unpaired) electrons. The zero-order chi connectivity index (χ0) is 14.1. The van der Waals surface area contributed by atoms with Gasteiger partial charge in [0.25, 0.3) is 0 Å². The number of nitrogens with zero attached hydrogens (tertiary/aromatic N) is 3. The van der Waals surface area contributed by atoms with Crippen LogP contribution >= 0.6 is 11.6 Å². The summed E-state index contributed by atoms with van der Waals surface area (Å²) in [6.45, 7) is 1.98. The van der Waals surface area contributed by atoms with E-state index in [-0.39, 0.29) is 0 Å². The van der Waals surface area contributed by atoms with E-state index in [2.05, 4.69) is 9.97 Å². The van der Waals surface area contributed by atoms with Gasteiger partial charge in [0.15, 0.2) is 0 Å². The number of benzene rings is 1. The molecule has 2 aromatic heterocycles. The Kier molecular flexibility index (Phi) is 3.16. The lowest BCUT2D eigenvalue weighted by Gasteiger charge is -2.09. The fourth-order valence-corrected chi connectivity index (χ4v) is 2.19. The quantitative estimate of drug-likeness (QED) is 0.784. The summed E-state index contributed by atoms with van der Waals surface area (Å²) in [6.07, 6.45) is 5.27. The van der Waals surface area contributed by atoms with Crippen LogP contribution in [0.25, 0.3) is 16.9 Å². The molecule has 0 amide bonds. The Morgan fingerprint density at radius 1 is 1.15 bits per heavy atom. The third-order valence-electron chi connectivity index (χ3n) is 3.16. The zero-order valence-corrected chi connectivity index (χ0v) is 11.7. The van der Waals surface area contributed by atoms with Gasteiger partial charge in [-0.15, -0.1) is 0 Å². The average molecular weight is 285 g/mol. The summed E-state index contributed by atoms with van der Waals surface area (Å²) in [4.78, 5) is 8.31. The third-order valence-corrected chi connectivity index (χ3v) is 3.56. The molecule has 0 spiro atoms. The van der Waals surface area contributed by atoms with Crippen LogP contribution in [-0.4, -0.2) is 14.5 Å². The van der Waals surface area contributed by atoms with E-state index in [0.717, 1.165) is 27.5 Å². The largest absolute Gasteiger partial charge is 0.384 e. The summed E-state index contributed by atoms with van der Waals surface area (Å²) in [7, 11) is 0. The molecule has 0 bridgehead atoms. The molecule has 5 heteroatoms. The Hall–Kier alpha value is -2.33. The normalized spacial score (nSPS) is 10.7. The molecule has 0 aliphatic carbocycles. The second kappa shape index (κ2) is 4.98. The van der Waals surface area contributed by atoms with Crippen LogP contribution in [0.3, 0.4) is 0 Å². The summed E-state index contributed by atoms with van der Waals surface area (Å²) >= 11 is 6.19. The molecule has 4 nitrogen and oxygen atoms in total. The van der Waals surface area contributed by atoms with E-state index in [1.54, 1.807) is 24.8 Å². The lowest BCUT2D eigenvalue weighted by atomic mass is 10.1. The van der Waals surface area contributed by atoms with E-state index in [0.29, 0.717) is 5.82 Å². The van der Waals surface area contributed by atoms with Crippen molar-refractivity contribution >= 4 is 17.4 Å². The van der Waals surface area contributed by atoms with Gasteiger partial charge in [-0.2, -0.15) is 0 Å². The molecule has 0 aliphatic rings. The molecule has 0 saturated carbocycles. The molecule has 20 heavy (non-hydrogen) atoms. The number of nitrogen functional groups attached to an aromatic ring is 1. The SMILES string of the molecule is Cc1ccc(-c2cncn2-c2ccc(N)nc2)cc1Cl. The standard InChI is InChI=1S/C15H13ClN4/c1-10-2-3-11(6-13(10)16)14-8-18-9-20(14)12-4-5-15(17)19-7-12/h2-9H,1H3,(H2,17,19). The predicted octanol–water partition coefficient (Wildman–Crippen LogP) is 3.48. The van der Waals surface area contributed by atoms with Gasteiger partial charge in [-0.1, -0.05) is 23.7 Å². The molecule has 0 unspecified atom stereocenters. The van der Waals surface area contributed by atoms with Gasteiger partial charge in [0.2, 0.25) is 0 Å². The fraction of sp³-hybridized carbons (Fsp3) is 0.0667. The second-order valence-corrected chi connectivity index (χ2v) is 4.96. The number of hydrogen-bond acceptors (Lipinski definition) is 3. The maximum atomic E-state index is 6.19. The van der Waals surface area contributed by atoms with E-state index >= 15 is 0 Å².